The molecule has 0 saturated carbocycles. The van der Waals surface area contributed by atoms with Gasteiger partial charge in [0.1, 0.15) is 0 Å². The van der Waals surface area contributed by atoms with Crippen molar-refractivity contribution >= 4 is 78.2 Å². The zero-order valence-electron chi connectivity index (χ0n) is 14.8. The van der Waals surface area contributed by atoms with E-state index >= 15 is 0 Å². The van der Waals surface area contributed by atoms with Gasteiger partial charge in [0.2, 0.25) is 0 Å². The van der Waals surface area contributed by atoms with Gasteiger partial charge in [0.25, 0.3) is 5.91 Å². The summed E-state index contributed by atoms with van der Waals surface area (Å²) in [5.74, 6) is -0.244. The number of carbonyl (C=O) groups excluding carboxylic acids is 1. The number of nitrogens with zero attached hydrogens (tertiary/aromatic N) is 2. The fourth-order valence-corrected chi connectivity index (χ4v) is 4.62. The summed E-state index contributed by atoms with van der Waals surface area (Å²) in [5.41, 5.74) is 2.63. The third-order valence-corrected chi connectivity index (χ3v) is 6.09. The van der Waals surface area contributed by atoms with Crippen molar-refractivity contribution in [3.8, 4) is 0 Å². The molecule has 1 aliphatic heterocycles. The maximum Gasteiger partial charge on any atom is 0.257 e. The number of thiocarbonyl (C=S) groups is 1. The number of thiazole rings is 1. The lowest BCUT2D eigenvalue weighted by molar-refractivity contribution is 0.0977. The summed E-state index contributed by atoms with van der Waals surface area (Å²) in [5, 5.41) is 6.61. The highest BCUT2D eigenvalue weighted by Gasteiger charge is 2.14. The molecule has 0 atom stereocenters. The van der Waals surface area contributed by atoms with Crippen molar-refractivity contribution in [1.82, 2.24) is 10.3 Å². The summed E-state index contributed by atoms with van der Waals surface area (Å²) >= 11 is 8.96. The Kier molecular flexibility index (Phi) is 6.04. The summed E-state index contributed by atoms with van der Waals surface area (Å²) in [6.45, 7) is 3.29. The van der Waals surface area contributed by atoms with Crippen molar-refractivity contribution in [1.29, 1.82) is 0 Å². The quantitative estimate of drug-likeness (QED) is 0.401. The summed E-state index contributed by atoms with van der Waals surface area (Å²) < 4.78 is 7.48. The van der Waals surface area contributed by atoms with Crippen molar-refractivity contribution in [2.24, 2.45) is 0 Å². The van der Waals surface area contributed by atoms with Crippen LogP contribution in [-0.4, -0.2) is 42.3 Å². The topological polar surface area (TPSA) is 66.5 Å². The molecule has 0 unspecified atom stereocenters. The van der Waals surface area contributed by atoms with Crippen LogP contribution in [0.5, 0.6) is 0 Å². The number of halogens is 1. The molecule has 1 aromatic heterocycles. The van der Waals surface area contributed by atoms with Crippen molar-refractivity contribution in [3.05, 3.63) is 51.6 Å². The van der Waals surface area contributed by atoms with Crippen molar-refractivity contribution in [2.75, 3.05) is 36.5 Å². The van der Waals surface area contributed by atoms with Gasteiger partial charge >= 0.3 is 0 Å². The molecule has 0 spiro atoms. The average Bonchev–Trinajstić information content (AvgIpc) is 3.09. The number of rotatable bonds is 3. The first kappa shape index (κ1) is 19.5. The molecule has 3 aromatic rings. The van der Waals surface area contributed by atoms with Crippen LogP contribution in [0.1, 0.15) is 10.4 Å². The largest absolute Gasteiger partial charge is 0.378 e. The fourth-order valence-electron chi connectivity index (χ4n) is 2.92. The molecule has 1 fully saturated rings. The molecule has 1 saturated heterocycles. The molecular weight excluding hydrogens is 507 g/mol. The Morgan fingerprint density at radius 2 is 2.04 bits per heavy atom. The molecule has 9 heteroatoms. The predicted octanol–water partition coefficient (Wildman–Crippen LogP) is 3.86. The Bertz CT molecular complexity index is 1030. The molecular formula is C19H17IN4O2S2. The number of morpholine rings is 1. The van der Waals surface area contributed by atoms with Gasteiger partial charge in [-0.1, -0.05) is 17.4 Å². The lowest BCUT2D eigenvalue weighted by atomic mass is 10.2. The highest BCUT2D eigenvalue weighted by atomic mass is 127. The second-order valence-electron chi connectivity index (χ2n) is 6.19. The number of amides is 1. The van der Waals surface area contributed by atoms with E-state index in [4.69, 9.17) is 17.0 Å². The van der Waals surface area contributed by atoms with Crippen LogP contribution in [-0.2, 0) is 4.74 Å². The van der Waals surface area contributed by atoms with Crippen LogP contribution in [0.3, 0.4) is 0 Å². The number of nitrogens with one attached hydrogen (secondary N) is 2. The Morgan fingerprint density at radius 1 is 1.21 bits per heavy atom. The fraction of sp³-hybridized carbons (Fsp3) is 0.211. The van der Waals surface area contributed by atoms with Gasteiger partial charge in [0.05, 0.1) is 23.4 Å². The number of benzene rings is 2. The Hall–Kier alpha value is -1.82. The monoisotopic (exact) mass is 524 g/mol. The highest BCUT2D eigenvalue weighted by molar-refractivity contribution is 14.1. The first-order valence-electron chi connectivity index (χ1n) is 8.70. The summed E-state index contributed by atoms with van der Waals surface area (Å²) in [4.78, 5) is 19.2. The van der Waals surface area contributed by atoms with Crippen LogP contribution in [0.15, 0.2) is 42.5 Å². The van der Waals surface area contributed by atoms with Gasteiger partial charge in [-0.25, -0.2) is 4.98 Å². The Labute approximate surface area is 185 Å². The van der Waals surface area contributed by atoms with Crippen molar-refractivity contribution in [2.45, 2.75) is 0 Å². The average molecular weight is 524 g/mol. The molecule has 4 rings (SSSR count). The zero-order valence-corrected chi connectivity index (χ0v) is 18.6. The van der Waals surface area contributed by atoms with Crippen LogP contribution < -0.4 is 15.5 Å². The Morgan fingerprint density at radius 3 is 2.82 bits per heavy atom. The van der Waals surface area contributed by atoms with Gasteiger partial charge < -0.3 is 15.0 Å². The van der Waals surface area contributed by atoms with Gasteiger partial charge in [-0.2, -0.15) is 0 Å². The summed E-state index contributed by atoms with van der Waals surface area (Å²) in [6.07, 6.45) is 0. The van der Waals surface area contributed by atoms with E-state index in [-0.39, 0.29) is 11.0 Å². The third-order valence-electron chi connectivity index (χ3n) is 4.28. The second-order valence-corrected chi connectivity index (χ2v) is 8.87. The smallest absolute Gasteiger partial charge is 0.257 e. The number of hydrogen-bond donors (Lipinski definition) is 2. The molecule has 0 aliphatic carbocycles. The maximum atomic E-state index is 12.3. The van der Waals surface area contributed by atoms with E-state index < -0.39 is 0 Å². The molecule has 2 heterocycles. The minimum atomic E-state index is -0.244. The molecule has 1 amide bonds. The first-order chi connectivity index (χ1) is 13.6. The van der Waals surface area contributed by atoms with Crippen LogP contribution in [0.2, 0.25) is 0 Å². The normalized spacial score (nSPS) is 14.1. The maximum absolute atomic E-state index is 12.3. The third kappa shape index (κ3) is 4.59. The van der Waals surface area contributed by atoms with Crippen molar-refractivity contribution < 1.29 is 9.53 Å². The number of fused-ring (bicyclic) bond motifs is 1. The number of anilines is 2. The van der Waals surface area contributed by atoms with Crippen LogP contribution in [0.4, 0.5) is 10.8 Å². The number of carbonyl (C=O) groups is 1. The van der Waals surface area contributed by atoms with E-state index in [0.29, 0.717) is 10.7 Å². The number of ether oxygens (including phenoxy) is 1. The van der Waals surface area contributed by atoms with Crippen LogP contribution in [0, 0.1) is 3.57 Å². The minimum Gasteiger partial charge on any atom is -0.378 e. The molecule has 1 aliphatic rings. The van der Waals surface area contributed by atoms with Crippen LogP contribution >= 0.6 is 46.1 Å². The van der Waals surface area contributed by atoms with E-state index in [1.54, 1.807) is 6.07 Å². The summed E-state index contributed by atoms with van der Waals surface area (Å²) in [6, 6.07) is 13.6. The van der Waals surface area contributed by atoms with E-state index in [1.807, 2.05) is 24.3 Å². The van der Waals surface area contributed by atoms with Gasteiger partial charge in [0, 0.05) is 27.9 Å². The second kappa shape index (κ2) is 8.68. The highest BCUT2D eigenvalue weighted by Crippen LogP contribution is 2.30. The SMILES string of the molecule is O=C(NC(=S)Nc1nc2ccc(N3CCOCC3)cc2s1)c1cccc(I)c1. The lowest BCUT2D eigenvalue weighted by Crippen LogP contribution is -2.36. The Balaban J connectivity index is 1.44. The molecule has 144 valence electrons. The van der Waals surface area contributed by atoms with Gasteiger partial charge in [-0.05, 0) is 71.2 Å². The standard InChI is InChI=1S/C19H17IN4O2S2/c20-13-3-1-2-12(10-13)17(25)22-18(27)23-19-21-15-5-4-14(11-16(15)28-19)24-6-8-26-9-7-24/h1-5,10-11H,6-9H2,(H2,21,22,23,25,27). The number of aromatic nitrogens is 1. The van der Waals surface area contributed by atoms with Crippen molar-refractivity contribution in [3.63, 3.8) is 0 Å². The van der Waals surface area contributed by atoms with Gasteiger partial charge in [0.15, 0.2) is 10.2 Å². The number of hydrogen-bond acceptors (Lipinski definition) is 6. The minimum absolute atomic E-state index is 0.233. The van der Waals surface area contributed by atoms with Gasteiger partial charge in [-0.15, -0.1) is 0 Å². The van der Waals surface area contributed by atoms with E-state index in [9.17, 15) is 4.79 Å². The van der Waals surface area contributed by atoms with E-state index in [2.05, 4.69) is 55.2 Å². The molecule has 2 N–H and O–H groups in total. The molecule has 0 radical (unpaired) electrons. The zero-order chi connectivity index (χ0) is 19.5. The molecule has 28 heavy (non-hydrogen) atoms. The summed E-state index contributed by atoms with van der Waals surface area (Å²) in [7, 11) is 0. The first-order valence-corrected chi connectivity index (χ1v) is 11.0. The van der Waals surface area contributed by atoms with E-state index in [1.165, 1.54) is 17.0 Å². The predicted molar refractivity (Wildman–Crippen MR) is 125 cm³/mol. The molecule has 2 aromatic carbocycles. The van der Waals surface area contributed by atoms with Crippen LogP contribution in [0.25, 0.3) is 10.2 Å². The molecule has 0 bridgehead atoms. The van der Waals surface area contributed by atoms with E-state index in [0.717, 1.165) is 40.1 Å². The molecule has 6 nitrogen and oxygen atoms in total. The van der Waals surface area contributed by atoms with Gasteiger partial charge in [-0.3, -0.25) is 10.1 Å². The lowest BCUT2D eigenvalue weighted by Gasteiger charge is -2.28.